The Bertz CT molecular complexity index is 340. The number of hydrogen-bond donors (Lipinski definition) is 0. The fourth-order valence-corrected chi connectivity index (χ4v) is 2.71. The lowest BCUT2D eigenvalue weighted by Gasteiger charge is -2.03. The van der Waals surface area contributed by atoms with E-state index in [1.54, 1.807) is 0 Å². The molecule has 0 spiro atoms. The largest absolute Gasteiger partial charge is 0.247 e. The van der Waals surface area contributed by atoms with Crippen LogP contribution < -0.4 is 0 Å². The Balaban J connectivity index is 2.88. The molecule has 1 aliphatic heterocycles. The molecule has 0 bridgehead atoms. The van der Waals surface area contributed by atoms with Crippen LogP contribution in [0.4, 0.5) is 0 Å². The second-order valence-electron chi connectivity index (χ2n) is 3.06. The van der Waals surface area contributed by atoms with Crippen LogP contribution in [0.2, 0.25) is 0 Å². The van der Waals surface area contributed by atoms with Crippen molar-refractivity contribution in [2.24, 2.45) is 10.9 Å². The van der Waals surface area contributed by atoms with Crippen LogP contribution in [-0.2, 0) is 9.84 Å². The molecule has 0 atom stereocenters. The van der Waals surface area contributed by atoms with Gasteiger partial charge in [-0.25, -0.2) is 13.4 Å². The summed E-state index contributed by atoms with van der Waals surface area (Å²) in [5, 5.41) is 0.268. The van der Waals surface area contributed by atoms with Crippen LogP contribution >= 0.6 is 15.9 Å². The van der Waals surface area contributed by atoms with Crippen molar-refractivity contribution in [2.75, 3.05) is 0 Å². The summed E-state index contributed by atoms with van der Waals surface area (Å²) in [6, 6.07) is 0. The molecule has 0 aromatic rings. The molecule has 0 radical (unpaired) electrons. The maximum absolute atomic E-state index is 11.4. The summed E-state index contributed by atoms with van der Waals surface area (Å²) in [5.41, 5.74) is 0. The topological polar surface area (TPSA) is 46.5 Å². The van der Waals surface area contributed by atoms with Crippen LogP contribution in [-0.4, -0.2) is 13.5 Å². The molecule has 0 unspecified atom stereocenters. The summed E-state index contributed by atoms with van der Waals surface area (Å²) in [5.74, 6) is 0.310. The van der Waals surface area contributed by atoms with Gasteiger partial charge in [-0.3, -0.25) is 0 Å². The number of nitrogens with zero attached hydrogens (tertiary/aromatic N) is 1. The number of halogens is 1. The van der Waals surface area contributed by atoms with Gasteiger partial charge in [-0.15, -0.1) is 0 Å². The lowest BCUT2D eigenvalue weighted by molar-refractivity contribution is 0.611. The molecule has 0 saturated carbocycles. The van der Waals surface area contributed by atoms with E-state index in [9.17, 15) is 8.42 Å². The fourth-order valence-electron chi connectivity index (χ4n) is 0.886. The Morgan fingerprint density at radius 3 is 2.50 bits per heavy atom. The van der Waals surface area contributed by atoms with Crippen LogP contribution in [0, 0.1) is 5.92 Å². The highest BCUT2D eigenvalue weighted by atomic mass is 79.9. The van der Waals surface area contributed by atoms with Gasteiger partial charge in [0.25, 0.3) is 0 Å². The van der Waals surface area contributed by atoms with Crippen molar-refractivity contribution in [3.63, 3.8) is 0 Å². The molecule has 3 nitrogen and oxygen atoms in total. The maximum atomic E-state index is 11.4. The van der Waals surface area contributed by atoms with Crippen molar-refractivity contribution in [2.45, 2.75) is 20.3 Å². The molecule has 0 aliphatic carbocycles. The zero-order valence-corrected chi connectivity index (χ0v) is 9.31. The maximum Gasteiger partial charge on any atom is 0.227 e. The van der Waals surface area contributed by atoms with Gasteiger partial charge in [-0.1, -0.05) is 13.8 Å². The minimum absolute atomic E-state index is 0.172. The van der Waals surface area contributed by atoms with Crippen LogP contribution in [0.1, 0.15) is 20.3 Å². The van der Waals surface area contributed by atoms with Gasteiger partial charge in [0.1, 0.15) is 8.86 Å². The molecule has 0 aromatic carbocycles. The van der Waals surface area contributed by atoms with Crippen LogP contribution in [0.25, 0.3) is 0 Å². The van der Waals surface area contributed by atoms with Crippen molar-refractivity contribution in [1.82, 2.24) is 0 Å². The summed E-state index contributed by atoms with van der Waals surface area (Å²) >= 11 is 2.95. The number of sulfone groups is 1. The number of hydrogen-bond acceptors (Lipinski definition) is 3. The first-order valence-electron chi connectivity index (χ1n) is 3.62. The molecule has 0 aromatic heterocycles. The average Bonchev–Trinajstić information content (AvgIpc) is 2.15. The normalized spacial score (nSPS) is 21.0. The Labute approximate surface area is 80.6 Å². The van der Waals surface area contributed by atoms with Crippen molar-refractivity contribution in [3.8, 4) is 0 Å². The zero-order valence-electron chi connectivity index (χ0n) is 6.91. The average molecular weight is 252 g/mol. The summed E-state index contributed by atoms with van der Waals surface area (Å²) in [4.78, 5) is 3.83. The van der Waals surface area contributed by atoms with Gasteiger partial charge in [0.15, 0.2) is 0 Å². The van der Waals surface area contributed by atoms with Crippen LogP contribution in [0.3, 0.4) is 0 Å². The van der Waals surface area contributed by atoms with Crippen molar-refractivity contribution >= 4 is 30.8 Å². The second kappa shape index (κ2) is 3.30. The first kappa shape index (κ1) is 9.92. The fraction of sp³-hybridized carbons (Fsp3) is 0.571. The third kappa shape index (κ3) is 1.77. The Kier molecular flexibility index (Phi) is 2.73. The smallest absolute Gasteiger partial charge is 0.227 e. The molecule has 1 rings (SSSR count). The van der Waals surface area contributed by atoms with E-state index in [0.29, 0.717) is 12.3 Å². The summed E-state index contributed by atoms with van der Waals surface area (Å²) in [6.07, 6.45) is 1.85. The molecular formula is C7H10BrNO2S. The van der Waals surface area contributed by atoms with Crippen molar-refractivity contribution in [3.05, 3.63) is 10.0 Å². The third-order valence-corrected chi connectivity index (χ3v) is 4.45. The standard InChI is InChI=1S/C7H10BrNO2S/c1-5(2)3-7-9-4-6(8)12(7,10)11/h4-5H,3H2,1-2H3. The predicted octanol–water partition coefficient (Wildman–Crippen LogP) is 2.05. The first-order valence-corrected chi connectivity index (χ1v) is 5.89. The molecular weight excluding hydrogens is 242 g/mol. The Morgan fingerprint density at radius 2 is 2.17 bits per heavy atom. The highest BCUT2D eigenvalue weighted by Crippen LogP contribution is 2.25. The molecule has 0 saturated heterocycles. The third-order valence-electron chi connectivity index (χ3n) is 1.46. The van der Waals surface area contributed by atoms with Gasteiger partial charge in [0, 0.05) is 6.42 Å². The van der Waals surface area contributed by atoms with E-state index in [2.05, 4.69) is 20.9 Å². The highest BCUT2D eigenvalue weighted by Gasteiger charge is 2.27. The van der Waals surface area contributed by atoms with E-state index in [0.717, 1.165) is 0 Å². The highest BCUT2D eigenvalue weighted by molar-refractivity contribution is 9.14. The van der Waals surface area contributed by atoms with Crippen molar-refractivity contribution < 1.29 is 8.42 Å². The molecule has 1 aliphatic rings. The van der Waals surface area contributed by atoms with E-state index in [4.69, 9.17) is 0 Å². The molecule has 0 fully saturated rings. The minimum atomic E-state index is -3.23. The van der Waals surface area contributed by atoms with Gasteiger partial charge >= 0.3 is 0 Å². The Hall–Kier alpha value is -0.160. The predicted molar refractivity (Wildman–Crippen MR) is 52.8 cm³/mol. The summed E-state index contributed by atoms with van der Waals surface area (Å²) in [6.45, 7) is 3.93. The molecule has 0 amide bonds. The molecule has 12 heavy (non-hydrogen) atoms. The lowest BCUT2D eigenvalue weighted by Crippen LogP contribution is -2.13. The van der Waals surface area contributed by atoms with E-state index >= 15 is 0 Å². The van der Waals surface area contributed by atoms with E-state index in [1.807, 2.05) is 13.8 Å². The molecule has 68 valence electrons. The number of aliphatic imine (C=N–C) groups is 1. The van der Waals surface area contributed by atoms with Gasteiger partial charge in [-0.05, 0) is 21.8 Å². The Morgan fingerprint density at radius 1 is 1.58 bits per heavy atom. The summed E-state index contributed by atoms with van der Waals surface area (Å²) in [7, 11) is -3.23. The SMILES string of the molecule is CC(C)CC1=NC=C(Br)S1(=O)=O. The number of rotatable bonds is 2. The van der Waals surface area contributed by atoms with E-state index in [-0.39, 0.29) is 8.86 Å². The van der Waals surface area contributed by atoms with Crippen LogP contribution in [0.15, 0.2) is 15.0 Å². The van der Waals surface area contributed by atoms with Gasteiger partial charge in [0.2, 0.25) is 9.84 Å². The molecule has 0 N–H and O–H groups in total. The van der Waals surface area contributed by atoms with Gasteiger partial charge in [-0.2, -0.15) is 0 Å². The van der Waals surface area contributed by atoms with Gasteiger partial charge in [0.05, 0.1) is 6.20 Å². The molecule has 5 heteroatoms. The van der Waals surface area contributed by atoms with Crippen LogP contribution in [0.5, 0.6) is 0 Å². The first-order chi connectivity index (χ1) is 5.44. The van der Waals surface area contributed by atoms with E-state index in [1.165, 1.54) is 6.20 Å². The van der Waals surface area contributed by atoms with Crippen molar-refractivity contribution in [1.29, 1.82) is 0 Å². The molecule has 1 heterocycles. The minimum Gasteiger partial charge on any atom is -0.247 e. The quantitative estimate of drug-likeness (QED) is 0.755. The van der Waals surface area contributed by atoms with E-state index < -0.39 is 9.84 Å². The lowest BCUT2D eigenvalue weighted by atomic mass is 10.1. The summed E-state index contributed by atoms with van der Waals surface area (Å²) < 4.78 is 22.9. The monoisotopic (exact) mass is 251 g/mol. The van der Waals surface area contributed by atoms with Gasteiger partial charge < -0.3 is 0 Å². The second-order valence-corrected chi connectivity index (χ2v) is 6.35. The zero-order chi connectivity index (χ0) is 9.35.